The summed E-state index contributed by atoms with van der Waals surface area (Å²) in [7, 11) is 4.02. The topological polar surface area (TPSA) is 60.7 Å². The Balaban J connectivity index is 0.00000338. The summed E-state index contributed by atoms with van der Waals surface area (Å²) in [5, 5.41) is 11.4. The molecule has 1 aliphatic rings. The average molecular weight is 477 g/mol. The molecule has 7 nitrogen and oxygen atoms in total. The lowest BCUT2D eigenvalue weighted by atomic mass is 10.2. The van der Waals surface area contributed by atoms with E-state index in [0.29, 0.717) is 6.04 Å². The Kier molecular flexibility index (Phi) is 10.5. The van der Waals surface area contributed by atoms with Crippen LogP contribution in [0.4, 0.5) is 0 Å². The minimum atomic E-state index is 0. The molecule has 1 atom stereocenters. The average Bonchev–Trinajstić information content (AvgIpc) is 2.92. The maximum Gasteiger partial charge on any atom is 0.191 e. The largest absolute Gasteiger partial charge is 0.356 e. The molecule has 0 aromatic carbocycles. The molecule has 2 N–H and O–H groups in total. The summed E-state index contributed by atoms with van der Waals surface area (Å²) in [5.74, 6) is 0.884. The lowest BCUT2D eigenvalue weighted by Crippen LogP contribution is -2.52. The Morgan fingerprint density at radius 2 is 1.92 bits per heavy atom. The molecule has 0 saturated carbocycles. The van der Waals surface area contributed by atoms with Crippen LogP contribution in [0.3, 0.4) is 0 Å². The van der Waals surface area contributed by atoms with E-state index in [2.05, 4.69) is 62.2 Å². The van der Waals surface area contributed by atoms with Gasteiger partial charge in [0.15, 0.2) is 5.96 Å². The predicted molar refractivity (Wildman–Crippen MR) is 120 cm³/mol. The molecule has 2 heterocycles. The number of piperazine rings is 1. The molecule has 0 bridgehead atoms. The Labute approximate surface area is 175 Å². The van der Waals surface area contributed by atoms with Crippen LogP contribution in [-0.2, 0) is 6.54 Å². The zero-order valence-corrected chi connectivity index (χ0v) is 19.3. The molecule has 0 aliphatic carbocycles. The number of rotatable bonds is 7. The lowest BCUT2D eigenvalue weighted by molar-refractivity contribution is 0.120. The molecule has 2 rings (SSSR count). The molecule has 1 aliphatic heterocycles. The van der Waals surface area contributed by atoms with Gasteiger partial charge in [-0.2, -0.15) is 5.10 Å². The van der Waals surface area contributed by atoms with Gasteiger partial charge in [0.25, 0.3) is 0 Å². The van der Waals surface area contributed by atoms with Gasteiger partial charge >= 0.3 is 0 Å². The number of nitrogens with zero attached hydrogens (tertiary/aromatic N) is 5. The number of hydrogen-bond acceptors (Lipinski definition) is 4. The van der Waals surface area contributed by atoms with Gasteiger partial charge in [0.1, 0.15) is 0 Å². The summed E-state index contributed by atoms with van der Waals surface area (Å²) < 4.78 is 2.07. The second kappa shape index (κ2) is 11.8. The van der Waals surface area contributed by atoms with Gasteiger partial charge in [0, 0.05) is 64.6 Å². The van der Waals surface area contributed by atoms with Gasteiger partial charge in [-0.05, 0) is 40.3 Å². The van der Waals surface area contributed by atoms with E-state index >= 15 is 0 Å². The highest BCUT2D eigenvalue weighted by Crippen LogP contribution is 2.04. The number of aliphatic imine (C=N–C) groups is 1. The van der Waals surface area contributed by atoms with Gasteiger partial charge in [-0.1, -0.05) is 0 Å². The fourth-order valence-corrected chi connectivity index (χ4v) is 3.19. The van der Waals surface area contributed by atoms with Crippen LogP contribution in [0.1, 0.15) is 24.7 Å². The number of guanidine groups is 1. The highest BCUT2D eigenvalue weighted by molar-refractivity contribution is 14.0. The first-order valence-corrected chi connectivity index (χ1v) is 9.37. The Hall–Kier alpha value is -0.870. The highest BCUT2D eigenvalue weighted by Gasteiger charge is 2.18. The van der Waals surface area contributed by atoms with Crippen LogP contribution in [0.5, 0.6) is 0 Å². The van der Waals surface area contributed by atoms with Crippen molar-refractivity contribution in [3.63, 3.8) is 0 Å². The second-order valence-electron chi connectivity index (χ2n) is 7.07. The van der Waals surface area contributed by atoms with E-state index in [-0.39, 0.29) is 24.0 Å². The fraction of sp³-hybridized carbons (Fsp3) is 0.778. The van der Waals surface area contributed by atoms with E-state index in [9.17, 15) is 0 Å². The molecule has 1 saturated heterocycles. The highest BCUT2D eigenvalue weighted by atomic mass is 127. The third-order valence-electron chi connectivity index (χ3n) is 4.89. The first-order valence-electron chi connectivity index (χ1n) is 9.37. The summed E-state index contributed by atoms with van der Waals surface area (Å²) in [6.45, 7) is 13.8. The summed E-state index contributed by atoms with van der Waals surface area (Å²) in [5.41, 5.74) is 2.31. The molecule has 0 radical (unpaired) electrons. The molecule has 150 valence electrons. The van der Waals surface area contributed by atoms with Gasteiger partial charge in [-0.15, -0.1) is 24.0 Å². The van der Waals surface area contributed by atoms with Crippen molar-refractivity contribution in [3.8, 4) is 0 Å². The summed E-state index contributed by atoms with van der Waals surface area (Å²) in [6, 6.07) is 2.63. The van der Waals surface area contributed by atoms with Crippen molar-refractivity contribution in [2.24, 2.45) is 4.99 Å². The number of aromatic nitrogens is 2. The maximum atomic E-state index is 4.50. The Bertz CT molecular complexity index is 550. The van der Waals surface area contributed by atoms with Crippen LogP contribution in [0.2, 0.25) is 0 Å². The molecular weight excluding hydrogens is 441 g/mol. The van der Waals surface area contributed by atoms with Crippen LogP contribution < -0.4 is 10.6 Å². The molecule has 1 fully saturated rings. The second-order valence-corrected chi connectivity index (χ2v) is 7.07. The van der Waals surface area contributed by atoms with Crippen LogP contribution >= 0.6 is 24.0 Å². The molecule has 1 unspecified atom stereocenters. The van der Waals surface area contributed by atoms with E-state index in [4.69, 9.17) is 0 Å². The SMILES string of the molecule is CN=C(NCCCn1nc(C)cc1C)NCC(C)N1CCN(C)CC1.I. The summed E-state index contributed by atoms with van der Waals surface area (Å²) in [6.07, 6.45) is 1.02. The Morgan fingerprint density at radius 1 is 1.23 bits per heavy atom. The van der Waals surface area contributed by atoms with E-state index in [0.717, 1.165) is 63.9 Å². The predicted octanol–water partition coefficient (Wildman–Crippen LogP) is 1.31. The van der Waals surface area contributed by atoms with Gasteiger partial charge in [0.2, 0.25) is 0 Å². The zero-order chi connectivity index (χ0) is 18.2. The maximum absolute atomic E-state index is 4.50. The monoisotopic (exact) mass is 477 g/mol. The normalized spacial score (nSPS) is 17.7. The Morgan fingerprint density at radius 3 is 2.50 bits per heavy atom. The van der Waals surface area contributed by atoms with Crippen LogP contribution in [-0.4, -0.2) is 84.9 Å². The first-order chi connectivity index (χ1) is 12.0. The summed E-state index contributed by atoms with van der Waals surface area (Å²) in [4.78, 5) is 9.26. The molecule has 8 heteroatoms. The van der Waals surface area contributed by atoms with Crippen molar-refractivity contribution >= 4 is 29.9 Å². The zero-order valence-electron chi connectivity index (χ0n) is 17.0. The smallest absolute Gasteiger partial charge is 0.191 e. The van der Waals surface area contributed by atoms with Crippen LogP contribution in [0, 0.1) is 13.8 Å². The van der Waals surface area contributed by atoms with Gasteiger partial charge in [-0.3, -0.25) is 14.6 Å². The van der Waals surface area contributed by atoms with Gasteiger partial charge < -0.3 is 15.5 Å². The van der Waals surface area contributed by atoms with E-state index in [1.165, 1.54) is 5.69 Å². The lowest BCUT2D eigenvalue weighted by Gasteiger charge is -2.36. The number of likely N-dealkylation sites (N-methyl/N-ethyl adjacent to an activating group) is 1. The number of nitrogens with one attached hydrogen (secondary N) is 2. The van der Waals surface area contributed by atoms with Crippen LogP contribution in [0.15, 0.2) is 11.1 Å². The minimum absolute atomic E-state index is 0. The van der Waals surface area contributed by atoms with Crippen molar-refractivity contribution in [2.75, 3.05) is 53.4 Å². The molecule has 0 amide bonds. The van der Waals surface area contributed by atoms with E-state index in [1.807, 2.05) is 14.0 Å². The molecule has 1 aromatic rings. The van der Waals surface area contributed by atoms with E-state index in [1.54, 1.807) is 0 Å². The molecule has 26 heavy (non-hydrogen) atoms. The summed E-state index contributed by atoms with van der Waals surface area (Å²) >= 11 is 0. The fourth-order valence-electron chi connectivity index (χ4n) is 3.19. The number of aryl methyl sites for hydroxylation is 3. The van der Waals surface area contributed by atoms with Crippen molar-refractivity contribution < 1.29 is 0 Å². The molecule has 0 spiro atoms. The number of halogens is 1. The standard InChI is InChI=1S/C18H35N7.HI/c1-15-13-16(2)25(22-15)8-6-7-20-18(19-4)21-14-17(3)24-11-9-23(5)10-12-24;/h13,17H,6-12,14H2,1-5H3,(H2,19,20,21);1H. The van der Waals surface area contributed by atoms with Crippen LogP contribution in [0.25, 0.3) is 0 Å². The van der Waals surface area contributed by atoms with Gasteiger partial charge in [0.05, 0.1) is 5.69 Å². The molecule has 1 aromatic heterocycles. The third kappa shape index (κ3) is 7.40. The minimum Gasteiger partial charge on any atom is -0.356 e. The van der Waals surface area contributed by atoms with Crippen molar-refractivity contribution in [2.45, 2.75) is 39.8 Å². The molecular formula is C18H36IN7. The van der Waals surface area contributed by atoms with Crippen molar-refractivity contribution in [1.29, 1.82) is 0 Å². The first kappa shape index (κ1) is 23.2. The number of hydrogen-bond donors (Lipinski definition) is 2. The third-order valence-corrected chi connectivity index (χ3v) is 4.89. The van der Waals surface area contributed by atoms with Crippen molar-refractivity contribution in [3.05, 3.63) is 17.5 Å². The van der Waals surface area contributed by atoms with E-state index < -0.39 is 0 Å². The quantitative estimate of drug-likeness (QED) is 0.269. The van der Waals surface area contributed by atoms with Gasteiger partial charge in [-0.25, -0.2) is 0 Å². The van der Waals surface area contributed by atoms with Crippen molar-refractivity contribution in [1.82, 2.24) is 30.2 Å².